The molecule has 0 saturated carbocycles. The summed E-state index contributed by atoms with van der Waals surface area (Å²) in [7, 11) is 4.72. The largest absolute Gasteiger partial charge is 0.496 e. The van der Waals surface area contributed by atoms with Gasteiger partial charge in [0.2, 0.25) is 0 Å². The number of carbonyl (C=O) groups excluding carboxylic acids is 1. The van der Waals surface area contributed by atoms with Crippen molar-refractivity contribution in [3.63, 3.8) is 0 Å². The molecule has 27 heavy (non-hydrogen) atoms. The highest BCUT2D eigenvalue weighted by Gasteiger charge is 2.10. The van der Waals surface area contributed by atoms with E-state index in [1.54, 1.807) is 56.9 Å². The number of ketones is 1. The van der Waals surface area contributed by atoms with Crippen LogP contribution in [-0.2, 0) is 0 Å². The molecular weight excluding hydrogens is 360 g/mol. The SMILES string of the molecule is COc1ccc(-c2cccs2)cc1/C=C/C(=O)c1ccc(OC)c(OC)c1. The second-order valence-electron chi connectivity index (χ2n) is 5.70. The lowest BCUT2D eigenvalue weighted by molar-refractivity contribution is 0.104. The van der Waals surface area contributed by atoms with Gasteiger partial charge < -0.3 is 14.2 Å². The molecule has 0 atom stereocenters. The third kappa shape index (κ3) is 4.20. The maximum absolute atomic E-state index is 12.6. The van der Waals surface area contributed by atoms with Crippen LogP contribution in [0.4, 0.5) is 0 Å². The van der Waals surface area contributed by atoms with Crippen molar-refractivity contribution in [2.24, 2.45) is 0 Å². The number of methoxy groups -OCH3 is 3. The van der Waals surface area contributed by atoms with E-state index in [0.29, 0.717) is 22.8 Å². The van der Waals surface area contributed by atoms with Crippen LogP contribution in [0, 0.1) is 0 Å². The molecular formula is C22H20O4S. The summed E-state index contributed by atoms with van der Waals surface area (Å²) in [5, 5.41) is 2.04. The van der Waals surface area contributed by atoms with E-state index in [4.69, 9.17) is 14.2 Å². The van der Waals surface area contributed by atoms with Crippen LogP contribution < -0.4 is 14.2 Å². The van der Waals surface area contributed by atoms with Crippen LogP contribution >= 0.6 is 11.3 Å². The third-order valence-corrected chi connectivity index (χ3v) is 5.04. The van der Waals surface area contributed by atoms with E-state index in [0.717, 1.165) is 11.1 Å². The smallest absolute Gasteiger partial charge is 0.185 e. The summed E-state index contributed by atoms with van der Waals surface area (Å²) in [6.45, 7) is 0. The molecule has 0 aliphatic rings. The van der Waals surface area contributed by atoms with Crippen molar-refractivity contribution in [3.05, 3.63) is 71.1 Å². The Morgan fingerprint density at radius 3 is 2.30 bits per heavy atom. The lowest BCUT2D eigenvalue weighted by atomic mass is 10.1. The average Bonchev–Trinajstić information content (AvgIpc) is 3.26. The number of thiophene rings is 1. The van der Waals surface area contributed by atoms with Crippen molar-refractivity contribution < 1.29 is 19.0 Å². The van der Waals surface area contributed by atoms with Gasteiger partial charge in [-0.2, -0.15) is 0 Å². The average molecular weight is 380 g/mol. The molecule has 2 aromatic carbocycles. The Labute approximate surface area is 162 Å². The first kappa shape index (κ1) is 18.7. The molecule has 0 aliphatic carbocycles. The molecule has 0 aliphatic heterocycles. The highest BCUT2D eigenvalue weighted by molar-refractivity contribution is 7.13. The van der Waals surface area contributed by atoms with Gasteiger partial charge in [-0.15, -0.1) is 11.3 Å². The minimum absolute atomic E-state index is 0.125. The van der Waals surface area contributed by atoms with Crippen LogP contribution in [0.2, 0.25) is 0 Å². The fourth-order valence-corrected chi connectivity index (χ4v) is 3.44. The lowest BCUT2D eigenvalue weighted by Gasteiger charge is -2.08. The lowest BCUT2D eigenvalue weighted by Crippen LogP contribution is -1.97. The fourth-order valence-electron chi connectivity index (χ4n) is 2.71. The molecule has 0 spiro atoms. The number of ether oxygens (including phenoxy) is 3. The Kier molecular flexibility index (Phi) is 5.94. The Hall–Kier alpha value is -3.05. The van der Waals surface area contributed by atoms with Crippen molar-refractivity contribution in [2.45, 2.75) is 0 Å². The number of hydrogen-bond donors (Lipinski definition) is 0. The number of hydrogen-bond acceptors (Lipinski definition) is 5. The van der Waals surface area contributed by atoms with E-state index in [-0.39, 0.29) is 5.78 Å². The zero-order valence-electron chi connectivity index (χ0n) is 15.4. The molecule has 3 rings (SSSR count). The molecule has 0 fully saturated rings. The Morgan fingerprint density at radius 1 is 0.889 bits per heavy atom. The minimum Gasteiger partial charge on any atom is -0.496 e. The monoisotopic (exact) mass is 380 g/mol. The fraction of sp³-hybridized carbons (Fsp3) is 0.136. The molecule has 1 aromatic heterocycles. The molecule has 0 unspecified atom stereocenters. The molecule has 0 radical (unpaired) electrons. The zero-order valence-corrected chi connectivity index (χ0v) is 16.2. The summed E-state index contributed by atoms with van der Waals surface area (Å²) >= 11 is 1.67. The van der Waals surface area contributed by atoms with Crippen molar-refractivity contribution >= 4 is 23.2 Å². The van der Waals surface area contributed by atoms with Crippen LogP contribution in [0.15, 0.2) is 60.0 Å². The normalized spacial score (nSPS) is 10.8. The molecule has 1 heterocycles. The van der Waals surface area contributed by atoms with Gasteiger partial charge in [0.25, 0.3) is 0 Å². The van der Waals surface area contributed by atoms with E-state index in [2.05, 4.69) is 6.07 Å². The molecule has 138 valence electrons. The van der Waals surface area contributed by atoms with Gasteiger partial charge >= 0.3 is 0 Å². The summed E-state index contributed by atoms with van der Waals surface area (Å²) in [6.07, 6.45) is 3.31. The van der Waals surface area contributed by atoms with Gasteiger partial charge in [0, 0.05) is 16.0 Å². The van der Waals surface area contributed by atoms with Gasteiger partial charge in [0.05, 0.1) is 21.3 Å². The standard InChI is InChI=1S/C22H20O4S/c1-24-19-10-8-17(22-5-4-12-27-22)13-16(19)6-9-18(23)15-7-11-20(25-2)21(14-15)26-3/h4-14H,1-3H3/b9-6+. The Bertz CT molecular complexity index is 958. The first-order chi connectivity index (χ1) is 13.2. The predicted molar refractivity (Wildman–Crippen MR) is 109 cm³/mol. The molecule has 3 aromatic rings. The maximum atomic E-state index is 12.6. The Morgan fingerprint density at radius 2 is 1.63 bits per heavy atom. The predicted octanol–water partition coefficient (Wildman–Crippen LogP) is 5.34. The van der Waals surface area contributed by atoms with E-state index < -0.39 is 0 Å². The quantitative estimate of drug-likeness (QED) is 0.410. The van der Waals surface area contributed by atoms with Gasteiger partial charge in [0.15, 0.2) is 17.3 Å². The summed E-state index contributed by atoms with van der Waals surface area (Å²) in [6, 6.07) is 15.1. The van der Waals surface area contributed by atoms with Crippen molar-refractivity contribution in [1.82, 2.24) is 0 Å². The van der Waals surface area contributed by atoms with Crippen LogP contribution in [0.1, 0.15) is 15.9 Å². The highest BCUT2D eigenvalue weighted by Crippen LogP contribution is 2.31. The number of carbonyl (C=O) groups is 1. The summed E-state index contributed by atoms with van der Waals surface area (Å²) in [5.74, 6) is 1.70. The zero-order chi connectivity index (χ0) is 19.2. The molecule has 0 amide bonds. The van der Waals surface area contributed by atoms with Crippen molar-refractivity contribution in [3.8, 4) is 27.7 Å². The van der Waals surface area contributed by atoms with E-state index >= 15 is 0 Å². The van der Waals surface area contributed by atoms with Crippen LogP contribution in [0.3, 0.4) is 0 Å². The van der Waals surface area contributed by atoms with Crippen molar-refractivity contribution in [2.75, 3.05) is 21.3 Å². The van der Waals surface area contributed by atoms with Gasteiger partial charge in [-0.05, 0) is 65.6 Å². The number of benzene rings is 2. The van der Waals surface area contributed by atoms with E-state index in [9.17, 15) is 4.79 Å². The number of rotatable bonds is 7. The first-order valence-corrected chi connectivity index (χ1v) is 9.20. The van der Waals surface area contributed by atoms with Gasteiger partial charge in [0.1, 0.15) is 5.75 Å². The molecule has 5 heteroatoms. The van der Waals surface area contributed by atoms with Gasteiger partial charge in [-0.3, -0.25) is 4.79 Å². The minimum atomic E-state index is -0.125. The molecule has 0 saturated heterocycles. The summed E-state index contributed by atoms with van der Waals surface area (Å²) < 4.78 is 15.9. The maximum Gasteiger partial charge on any atom is 0.185 e. The van der Waals surface area contributed by atoms with E-state index in [1.165, 1.54) is 11.0 Å². The van der Waals surface area contributed by atoms with Crippen LogP contribution in [-0.4, -0.2) is 27.1 Å². The first-order valence-electron chi connectivity index (χ1n) is 8.32. The highest BCUT2D eigenvalue weighted by atomic mass is 32.1. The van der Waals surface area contributed by atoms with Gasteiger partial charge in [-0.25, -0.2) is 0 Å². The summed E-state index contributed by atoms with van der Waals surface area (Å²) in [5.41, 5.74) is 2.46. The van der Waals surface area contributed by atoms with Crippen molar-refractivity contribution in [1.29, 1.82) is 0 Å². The van der Waals surface area contributed by atoms with Gasteiger partial charge in [-0.1, -0.05) is 6.07 Å². The summed E-state index contributed by atoms with van der Waals surface area (Å²) in [4.78, 5) is 13.7. The third-order valence-electron chi connectivity index (χ3n) is 4.12. The molecule has 4 nitrogen and oxygen atoms in total. The Balaban J connectivity index is 1.88. The second kappa shape index (κ2) is 8.56. The van der Waals surface area contributed by atoms with Crippen LogP contribution in [0.5, 0.6) is 17.2 Å². The van der Waals surface area contributed by atoms with Crippen LogP contribution in [0.25, 0.3) is 16.5 Å². The second-order valence-corrected chi connectivity index (χ2v) is 6.65. The molecule has 0 N–H and O–H groups in total. The number of allylic oxidation sites excluding steroid dienone is 1. The topological polar surface area (TPSA) is 44.8 Å². The van der Waals surface area contributed by atoms with E-state index in [1.807, 2.05) is 29.6 Å². The molecule has 0 bridgehead atoms.